The van der Waals surface area contributed by atoms with Crippen LogP contribution in [-0.4, -0.2) is 39.0 Å². The van der Waals surface area contributed by atoms with E-state index in [1.165, 1.54) is 17.2 Å². The molecule has 21 heavy (non-hydrogen) atoms. The third kappa shape index (κ3) is 2.39. The highest BCUT2D eigenvalue weighted by Gasteiger charge is 2.48. The number of carbonyl (C=O) groups excluding carboxylic acids is 1. The van der Waals surface area contributed by atoms with Crippen molar-refractivity contribution >= 4 is 11.9 Å². The van der Waals surface area contributed by atoms with E-state index < -0.39 is 23.7 Å². The van der Waals surface area contributed by atoms with E-state index in [1.807, 2.05) is 0 Å². The van der Waals surface area contributed by atoms with E-state index in [0.717, 1.165) is 31.9 Å². The van der Waals surface area contributed by atoms with E-state index >= 15 is 0 Å². The summed E-state index contributed by atoms with van der Waals surface area (Å²) in [6.45, 7) is 0. The second-order valence-electron chi connectivity index (χ2n) is 5.77. The monoisotopic (exact) mass is 292 g/mol. The van der Waals surface area contributed by atoms with Crippen LogP contribution in [0.1, 0.15) is 42.5 Å². The number of hydrogen-bond donors (Lipinski definition) is 1. The Morgan fingerprint density at radius 1 is 1.33 bits per heavy atom. The maximum Gasteiger partial charge on any atom is 0.326 e. The number of pyridine rings is 1. The lowest BCUT2D eigenvalue weighted by atomic mass is 9.84. The normalized spacial score (nSPS) is 28.2. The molecule has 1 aliphatic carbocycles. The summed E-state index contributed by atoms with van der Waals surface area (Å²) in [6, 6.07) is 0.380. The fraction of sp³-hybridized carbons (Fsp3) is 0.533. The van der Waals surface area contributed by atoms with Gasteiger partial charge in [0.25, 0.3) is 5.91 Å². The zero-order chi connectivity index (χ0) is 15.0. The van der Waals surface area contributed by atoms with Crippen LogP contribution in [0, 0.1) is 11.7 Å². The van der Waals surface area contributed by atoms with Gasteiger partial charge in [0.2, 0.25) is 0 Å². The van der Waals surface area contributed by atoms with E-state index in [2.05, 4.69) is 4.98 Å². The van der Waals surface area contributed by atoms with Crippen molar-refractivity contribution in [3.05, 3.63) is 29.8 Å². The van der Waals surface area contributed by atoms with Gasteiger partial charge < -0.3 is 10.0 Å². The van der Waals surface area contributed by atoms with Crippen molar-refractivity contribution < 1.29 is 19.1 Å². The molecule has 1 aromatic heterocycles. The first-order chi connectivity index (χ1) is 10.1. The minimum absolute atomic E-state index is 0.0834. The fourth-order valence-electron chi connectivity index (χ4n) is 3.66. The minimum atomic E-state index is -1.01. The first kappa shape index (κ1) is 14.0. The van der Waals surface area contributed by atoms with Gasteiger partial charge in [0, 0.05) is 12.2 Å². The van der Waals surface area contributed by atoms with Gasteiger partial charge in [0.05, 0.1) is 11.8 Å². The van der Waals surface area contributed by atoms with Crippen LogP contribution in [-0.2, 0) is 4.79 Å². The Bertz CT molecular complexity index is 578. The molecule has 5 nitrogen and oxygen atoms in total. The highest BCUT2D eigenvalue weighted by molar-refractivity contribution is 5.97. The lowest BCUT2D eigenvalue weighted by molar-refractivity contribution is -0.141. The van der Waals surface area contributed by atoms with Crippen molar-refractivity contribution in [1.29, 1.82) is 0 Å². The topological polar surface area (TPSA) is 70.5 Å². The maximum absolute atomic E-state index is 13.8. The molecule has 1 aromatic rings. The smallest absolute Gasteiger partial charge is 0.326 e. The molecule has 0 bridgehead atoms. The number of carboxylic acid groups (broad SMARTS) is 1. The van der Waals surface area contributed by atoms with E-state index in [9.17, 15) is 19.1 Å². The molecular formula is C15H17FN2O3. The van der Waals surface area contributed by atoms with Crippen LogP contribution < -0.4 is 0 Å². The number of amides is 1. The third-order valence-corrected chi connectivity index (χ3v) is 4.61. The molecule has 0 aromatic carbocycles. The van der Waals surface area contributed by atoms with Crippen molar-refractivity contribution in [3.63, 3.8) is 0 Å². The Labute approximate surface area is 121 Å². The number of carboxylic acids is 1. The Hall–Kier alpha value is -1.98. The Morgan fingerprint density at radius 3 is 2.81 bits per heavy atom. The molecule has 6 heteroatoms. The number of hydrogen-bond acceptors (Lipinski definition) is 3. The van der Waals surface area contributed by atoms with Crippen molar-refractivity contribution in [3.8, 4) is 0 Å². The standard InChI is InChI=1S/C15H17FN2O3/c16-11-8-17-6-5-10(11)14(19)18-12-4-2-1-3-9(12)7-13(18)15(20)21/h5-6,8-9,12-13H,1-4,7H2,(H,20,21)/t9-,12+,13-/m0/s1. The van der Waals surface area contributed by atoms with Gasteiger partial charge in [0.15, 0.2) is 5.82 Å². The second-order valence-corrected chi connectivity index (χ2v) is 5.77. The van der Waals surface area contributed by atoms with Crippen LogP contribution in [0.3, 0.4) is 0 Å². The first-order valence-corrected chi connectivity index (χ1v) is 7.24. The number of aliphatic carboxylic acids is 1. The zero-order valence-corrected chi connectivity index (χ0v) is 11.5. The molecular weight excluding hydrogens is 275 g/mol. The molecule has 1 saturated heterocycles. The van der Waals surface area contributed by atoms with E-state index in [1.54, 1.807) is 0 Å². The number of rotatable bonds is 2. The molecule has 0 radical (unpaired) electrons. The summed E-state index contributed by atoms with van der Waals surface area (Å²) >= 11 is 0. The predicted molar refractivity (Wildman–Crippen MR) is 72.2 cm³/mol. The van der Waals surface area contributed by atoms with Crippen LogP contribution in [0.5, 0.6) is 0 Å². The summed E-state index contributed by atoms with van der Waals surface area (Å²) in [5.41, 5.74) is -0.0949. The van der Waals surface area contributed by atoms with Crippen LogP contribution in [0.2, 0.25) is 0 Å². The van der Waals surface area contributed by atoms with Gasteiger partial charge in [0.1, 0.15) is 6.04 Å². The van der Waals surface area contributed by atoms with Gasteiger partial charge in [-0.3, -0.25) is 9.78 Å². The first-order valence-electron chi connectivity index (χ1n) is 7.24. The minimum Gasteiger partial charge on any atom is -0.480 e. The van der Waals surface area contributed by atoms with Crippen LogP contribution in [0.4, 0.5) is 4.39 Å². The van der Waals surface area contributed by atoms with Gasteiger partial charge in [-0.05, 0) is 31.2 Å². The molecule has 1 N–H and O–H groups in total. The lowest BCUT2D eigenvalue weighted by Gasteiger charge is -2.33. The molecule has 1 saturated carbocycles. The SMILES string of the molecule is O=C(O)[C@@H]1C[C@@H]2CCCC[C@H]2N1C(=O)c1ccncc1F. The molecule has 2 heterocycles. The number of halogens is 1. The summed E-state index contributed by atoms with van der Waals surface area (Å²) in [4.78, 5) is 29.1. The molecule has 2 fully saturated rings. The van der Waals surface area contributed by atoms with Gasteiger partial charge in [-0.15, -0.1) is 0 Å². The lowest BCUT2D eigenvalue weighted by Crippen LogP contribution is -2.46. The summed E-state index contributed by atoms with van der Waals surface area (Å²) in [6.07, 6.45) is 6.59. The maximum atomic E-state index is 13.8. The molecule has 3 rings (SSSR count). The fourth-order valence-corrected chi connectivity index (χ4v) is 3.66. The zero-order valence-electron chi connectivity index (χ0n) is 11.5. The Kier molecular flexibility index (Phi) is 3.61. The number of likely N-dealkylation sites (tertiary alicyclic amines) is 1. The molecule has 112 valence electrons. The molecule has 1 amide bonds. The molecule has 2 aliphatic rings. The molecule has 0 spiro atoms. The third-order valence-electron chi connectivity index (χ3n) is 4.61. The van der Waals surface area contributed by atoms with Gasteiger partial charge >= 0.3 is 5.97 Å². The summed E-state index contributed by atoms with van der Waals surface area (Å²) in [5.74, 6) is -2.02. The van der Waals surface area contributed by atoms with Gasteiger partial charge in [-0.25, -0.2) is 9.18 Å². The van der Waals surface area contributed by atoms with Crippen LogP contribution in [0.15, 0.2) is 18.5 Å². The number of fused-ring (bicyclic) bond motifs is 1. The van der Waals surface area contributed by atoms with E-state index in [4.69, 9.17) is 0 Å². The van der Waals surface area contributed by atoms with Crippen molar-refractivity contribution in [2.45, 2.75) is 44.2 Å². The predicted octanol–water partition coefficient (Wildman–Crippen LogP) is 2.08. The molecule has 0 unspecified atom stereocenters. The van der Waals surface area contributed by atoms with Crippen LogP contribution in [0.25, 0.3) is 0 Å². The molecule has 1 aliphatic heterocycles. The highest BCUT2D eigenvalue weighted by Crippen LogP contribution is 2.40. The largest absolute Gasteiger partial charge is 0.480 e. The van der Waals surface area contributed by atoms with Crippen molar-refractivity contribution in [2.75, 3.05) is 0 Å². The summed E-state index contributed by atoms with van der Waals surface area (Å²) < 4.78 is 13.8. The van der Waals surface area contributed by atoms with Crippen molar-refractivity contribution in [2.24, 2.45) is 5.92 Å². The summed E-state index contributed by atoms with van der Waals surface area (Å²) in [7, 11) is 0. The number of nitrogens with zero attached hydrogens (tertiary/aromatic N) is 2. The molecule has 3 atom stereocenters. The van der Waals surface area contributed by atoms with Gasteiger partial charge in [-0.1, -0.05) is 12.8 Å². The Balaban J connectivity index is 1.95. The quantitative estimate of drug-likeness (QED) is 0.906. The van der Waals surface area contributed by atoms with E-state index in [-0.39, 0.29) is 17.5 Å². The highest BCUT2D eigenvalue weighted by atomic mass is 19.1. The van der Waals surface area contributed by atoms with Gasteiger partial charge in [-0.2, -0.15) is 0 Å². The number of aromatic nitrogens is 1. The van der Waals surface area contributed by atoms with Crippen LogP contribution >= 0.6 is 0 Å². The average Bonchev–Trinajstić information content (AvgIpc) is 2.86. The van der Waals surface area contributed by atoms with E-state index in [0.29, 0.717) is 6.42 Å². The summed E-state index contributed by atoms with van der Waals surface area (Å²) in [5, 5.41) is 9.40. The average molecular weight is 292 g/mol. The van der Waals surface area contributed by atoms with Crippen molar-refractivity contribution in [1.82, 2.24) is 9.88 Å². The number of carbonyl (C=O) groups is 2. The Morgan fingerprint density at radius 2 is 2.10 bits per heavy atom. The second kappa shape index (κ2) is 5.42.